The molecule has 1 aromatic carbocycles. The zero-order valence-electron chi connectivity index (χ0n) is 21.3. The first kappa shape index (κ1) is 24.4. The van der Waals surface area contributed by atoms with Crippen LogP contribution in [0.5, 0.6) is 11.5 Å². The van der Waals surface area contributed by atoms with Crippen molar-refractivity contribution < 1.29 is 14.3 Å². The molecule has 1 N–H and O–H groups in total. The van der Waals surface area contributed by atoms with E-state index in [4.69, 9.17) is 4.74 Å². The Labute approximate surface area is 215 Å². The van der Waals surface area contributed by atoms with Gasteiger partial charge >= 0.3 is 0 Å². The van der Waals surface area contributed by atoms with Crippen LogP contribution in [0.2, 0.25) is 0 Å². The van der Waals surface area contributed by atoms with Crippen molar-refractivity contribution in [3.8, 4) is 22.9 Å². The lowest BCUT2D eigenvalue weighted by molar-refractivity contribution is -0.129. The van der Waals surface area contributed by atoms with Gasteiger partial charge in [-0.3, -0.25) is 19.6 Å². The molecular weight excluding hydrogens is 468 g/mol. The van der Waals surface area contributed by atoms with Crippen LogP contribution in [-0.2, 0) is 4.79 Å². The molecule has 0 bridgehead atoms. The van der Waals surface area contributed by atoms with E-state index in [-0.39, 0.29) is 17.9 Å². The van der Waals surface area contributed by atoms with Crippen molar-refractivity contribution in [2.45, 2.75) is 39.7 Å². The van der Waals surface area contributed by atoms with E-state index < -0.39 is 0 Å². The van der Waals surface area contributed by atoms with Gasteiger partial charge < -0.3 is 19.5 Å². The highest BCUT2D eigenvalue weighted by Gasteiger charge is 2.31. The fourth-order valence-corrected chi connectivity index (χ4v) is 4.94. The molecule has 9 nitrogen and oxygen atoms in total. The van der Waals surface area contributed by atoms with Gasteiger partial charge in [0.15, 0.2) is 0 Å². The smallest absolute Gasteiger partial charge is 0.272 e. The maximum Gasteiger partial charge on any atom is 0.272 e. The molecule has 1 atom stereocenters. The Hall–Kier alpha value is -4.27. The Morgan fingerprint density at radius 2 is 1.95 bits per heavy atom. The number of hydrogen-bond donors (Lipinski definition) is 1. The fourth-order valence-electron chi connectivity index (χ4n) is 4.94. The van der Waals surface area contributed by atoms with Crippen molar-refractivity contribution in [3.05, 3.63) is 66.4 Å². The number of likely N-dealkylation sites (tertiary alicyclic amines) is 1. The fraction of sp³-hybridized carbons (Fsp3) is 0.321. The number of carbonyl (C=O) groups excluding carboxylic acids is 2. The number of nitrogens with zero attached hydrogens (tertiary/aromatic N) is 5. The van der Waals surface area contributed by atoms with Crippen LogP contribution < -0.4 is 4.74 Å². The number of ether oxygens (including phenoxy) is 1. The van der Waals surface area contributed by atoms with Crippen LogP contribution in [-0.4, -0.2) is 61.2 Å². The Bertz CT molecular complexity index is 1410. The minimum atomic E-state index is -0.106. The predicted molar refractivity (Wildman–Crippen MR) is 140 cm³/mol. The van der Waals surface area contributed by atoms with Gasteiger partial charge in [0.05, 0.1) is 24.1 Å². The quantitative estimate of drug-likeness (QED) is 0.385. The van der Waals surface area contributed by atoms with Gasteiger partial charge in [0.25, 0.3) is 5.91 Å². The number of aromatic nitrogens is 4. The maximum atomic E-state index is 12.6. The molecule has 1 fully saturated rings. The third-order valence-corrected chi connectivity index (χ3v) is 6.84. The largest absolute Gasteiger partial charge is 0.455 e. The summed E-state index contributed by atoms with van der Waals surface area (Å²) in [4.78, 5) is 45.0. The highest BCUT2D eigenvalue weighted by atomic mass is 16.5. The van der Waals surface area contributed by atoms with Crippen LogP contribution in [0.15, 0.2) is 55.1 Å². The lowest BCUT2D eigenvalue weighted by Gasteiger charge is -2.25. The van der Waals surface area contributed by atoms with Gasteiger partial charge in [-0.15, -0.1) is 0 Å². The van der Waals surface area contributed by atoms with E-state index in [0.29, 0.717) is 30.3 Å². The van der Waals surface area contributed by atoms with Gasteiger partial charge in [0, 0.05) is 55.4 Å². The second-order valence-corrected chi connectivity index (χ2v) is 9.08. The minimum absolute atomic E-state index is 0.0428. The molecule has 4 aromatic rings. The van der Waals surface area contributed by atoms with E-state index >= 15 is 0 Å². The topological polar surface area (TPSA) is 104 Å². The third kappa shape index (κ3) is 4.89. The molecule has 1 saturated heterocycles. The SMILES string of the molecule is CCN(CC)C(=O)c1ccc(Oc2cc3cc(-c4cnccn4)[nH]c3cc2C2CCCN2C(C)=O)cn1. The standard InChI is InChI=1S/C28H30N6O3/c1-4-33(5-2)28(36)22-9-8-20(16-31-22)37-27-14-19-13-24(25-17-29-10-11-30-25)32-23(19)15-21(27)26-7-6-12-34(26)18(3)35/h8-11,13-17,26,32H,4-7,12H2,1-3H3. The van der Waals surface area contributed by atoms with E-state index in [2.05, 4.69) is 26.0 Å². The zero-order chi connectivity index (χ0) is 25.9. The van der Waals surface area contributed by atoms with Gasteiger partial charge in [0.1, 0.15) is 22.9 Å². The first-order valence-electron chi connectivity index (χ1n) is 12.6. The Kier molecular flexibility index (Phi) is 6.85. The molecule has 1 aliphatic rings. The number of amides is 2. The molecule has 2 amide bonds. The molecule has 4 heterocycles. The van der Waals surface area contributed by atoms with E-state index in [1.165, 1.54) is 0 Å². The molecular formula is C28H30N6O3. The molecule has 0 saturated carbocycles. The monoisotopic (exact) mass is 498 g/mol. The van der Waals surface area contributed by atoms with E-state index in [9.17, 15) is 9.59 Å². The van der Waals surface area contributed by atoms with Crippen molar-refractivity contribution in [3.63, 3.8) is 0 Å². The second-order valence-electron chi connectivity index (χ2n) is 9.08. The summed E-state index contributed by atoms with van der Waals surface area (Å²) in [6, 6.07) is 9.41. The molecule has 190 valence electrons. The lowest BCUT2D eigenvalue weighted by atomic mass is 10.0. The molecule has 1 unspecified atom stereocenters. The number of H-pyrrole nitrogens is 1. The molecule has 0 spiro atoms. The average molecular weight is 499 g/mol. The van der Waals surface area contributed by atoms with Crippen molar-refractivity contribution in [1.29, 1.82) is 0 Å². The number of benzene rings is 1. The van der Waals surface area contributed by atoms with Gasteiger partial charge in [-0.25, -0.2) is 4.98 Å². The Balaban J connectivity index is 1.52. The Morgan fingerprint density at radius 3 is 2.62 bits per heavy atom. The van der Waals surface area contributed by atoms with Crippen LogP contribution in [0.25, 0.3) is 22.3 Å². The van der Waals surface area contributed by atoms with Crippen LogP contribution in [0, 0.1) is 0 Å². The number of rotatable bonds is 7. The summed E-state index contributed by atoms with van der Waals surface area (Å²) in [6.45, 7) is 7.46. The summed E-state index contributed by atoms with van der Waals surface area (Å²) in [5, 5.41) is 0.952. The first-order valence-corrected chi connectivity index (χ1v) is 12.6. The second kappa shape index (κ2) is 10.4. The van der Waals surface area contributed by atoms with Crippen LogP contribution in [0.1, 0.15) is 55.7 Å². The lowest BCUT2D eigenvalue weighted by Crippen LogP contribution is -2.31. The molecule has 0 radical (unpaired) electrons. The number of fused-ring (bicyclic) bond motifs is 1. The van der Waals surface area contributed by atoms with Crippen LogP contribution in [0.4, 0.5) is 0 Å². The molecule has 1 aliphatic heterocycles. The van der Waals surface area contributed by atoms with Crippen molar-refractivity contribution in [2.75, 3.05) is 19.6 Å². The number of carbonyl (C=O) groups is 2. The van der Waals surface area contributed by atoms with Gasteiger partial charge in [-0.05, 0) is 57.0 Å². The molecule has 5 rings (SSSR count). The van der Waals surface area contributed by atoms with Crippen molar-refractivity contribution in [2.24, 2.45) is 0 Å². The van der Waals surface area contributed by atoms with Gasteiger partial charge in [-0.1, -0.05) is 0 Å². The third-order valence-electron chi connectivity index (χ3n) is 6.84. The van der Waals surface area contributed by atoms with E-state index in [0.717, 1.165) is 47.2 Å². The highest BCUT2D eigenvalue weighted by Crippen LogP contribution is 2.41. The van der Waals surface area contributed by atoms with E-state index in [1.807, 2.05) is 30.9 Å². The number of nitrogens with one attached hydrogen (secondary N) is 1. The van der Waals surface area contributed by atoms with Gasteiger partial charge in [-0.2, -0.15) is 0 Å². The zero-order valence-corrected chi connectivity index (χ0v) is 21.3. The maximum absolute atomic E-state index is 12.6. The van der Waals surface area contributed by atoms with Crippen molar-refractivity contribution >= 4 is 22.7 Å². The normalized spacial score (nSPS) is 15.2. The summed E-state index contributed by atoms with van der Waals surface area (Å²) in [5.41, 5.74) is 3.82. The number of hydrogen-bond acceptors (Lipinski definition) is 6. The Morgan fingerprint density at radius 1 is 1.11 bits per heavy atom. The summed E-state index contributed by atoms with van der Waals surface area (Å²) < 4.78 is 6.35. The minimum Gasteiger partial charge on any atom is -0.455 e. The summed E-state index contributed by atoms with van der Waals surface area (Å²) in [7, 11) is 0. The summed E-state index contributed by atoms with van der Waals surface area (Å²) in [6.07, 6.45) is 8.37. The molecule has 0 aliphatic carbocycles. The number of pyridine rings is 1. The molecule has 3 aromatic heterocycles. The summed E-state index contributed by atoms with van der Waals surface area (Å²) >= 11 is 0. The first-order chi connectivity index (χ1) is 18.0. The molecule has 37 heavy (non-hydrogen) atoms. The highest BCUT2D eigenvalue weighted by molar-refractivity contribution is 5.92. The van der Waals surface area contributed by atoms with Crippen LogP contribution >= 0.6 is 0 Å². The van der Waals surface area contributed by atoms with E-state index in [1.54, 1.807) is 48.7 Å². The predicted octanol–water partition coefficient (Wildman–Crippen LogP) is 4.98. The van der Waals surface area contributed by atoms with Crippen LogP contribution in [0.3, 0.4) is 0 Å². The summed E-state index contributed by atoms with van der Waals surface area (Å²) in [5.74, 6) is 1.11. The average Bonchev–Trinajstić information content (AvgIpc) is 3.57. The molecule has 9 heteroatoms. The van der Waals surface area contributed by atoms with Gasteiger partial charge in [0.2, 0.25) is 5.91 Å². The van der Waals surface area contributed by atoms with Crippen molar-refractivity contribution in [1.82, 2.24) is 29.7 Å². The number of aromatic amines is 1.